The van der Waals surface area contributed by atoms with Crippen molar-refractivity contribution in [3.05, 3.63) is 64.1 Å². The first kappa shape index (κ1) is 20.9. The van der Waals surface area contributed by atoms with Gasteiger partial charge in [-0.1, -0.05) is 81.2 Å². The first-order chi connectivity index (χ1) is 11.4. The Morgan fingerprint density at radius 2 is 1.83 bits per heavy atom. The molecule has 0 radical (unpaired) electrons. The molecule has 0 unspecified atom stereocenters. The zero-order valence-corrected chi connectivity index (χ0v) is 17.2. The normalized spacial score (nSPS) is 11.4. The highest BCUT2D eigenvalue weighted by molar-refractivity contribution is 8.25. The first-order valence-electron chi connectivity index (χ1n) is 8.71. The second-order valence-electron chi connectivity index (χ2n) is 6.26. The van der Waals surface area contributed by atoms with Crippen LogP contribution in [0.15, 0.2) is 47.4 Å². The molecule has 130 valence electrons. The van der Waals surface area contributed by atoms with E-state index in [0.29, 0.717) is 0 Å². The average Bonchev–Trinajstić information content (AvgIpc) is 2.52. The summed E-state index contributed by atoms with van der Waals surface area (Å²) < 4.78 is 0.922. The molecular weight excluding hydrogens is 328 g/mol. The van der Waals surface area contributed by atoms with Gasteiger partial charge in [0.15, 0.2) is 0 Å². The molecule has 0 aromatic heterocycles. The van der Waals surface area contributed by atoms with Crippen molar-refractivity contribution in [3.8, 4) is 0 Å². The summed E-state index contributed by atoms with van der Waals surface area (Å²) >= 11 is 6.85. The molecule has 0 atom stereocenters. The van der Waals surface area contributed by atoms with Gasteiger partial charge in [0, 0.05) is 9.10 Å². The minimum atomic E-state index is 0.922. The van der Waals surface area contributed by atoms with Crippen LogP contribution in [0.5, 0.6) is 0 Å². The molecule has 1 rings (SSSR count). The van der Waals surface area contributed by atoms with Gasteiger partial charge in [0.1, 0.15) is 0 Å². The molecule has 0 saturated carbocycles. The lowest BCUT2D eigenvalue weighted by atomic mass is 9.95. The van der Waals surface area contributed by atoms with E-state index in [1.807, 2.05) is 13.8 Å². The molecule has 0 aliphatic carbocycles. The molecule has 0 nitrogen and oxygen atoms in total. The Hall–Kier alpha value is -1.12. The summed E-state index contributed by atoms with van der Waals surface area (Å²) in [7, 11) is 0. The van der Waals surface area contributed by atoms with Crippen LogP contribution < -0.4 is 0 Å². The quantitative estimate of drug-likeness (QED) is 0.254. The van der Waals surface area contributed by atoms with Crippen LogP contribution in [0.3, 0.4) is 0 Å². The Morgan fingerprint density at radius 1 is 1.12 bits per heavy atom. The summed E-state index contributed by atoms with van der Waals surface area (Å²) in [5.41, 5.74) is 6.52. The number of hydrogen-bond acceptors (Lipinski definition) is 2. The maximum absolute atomic E-state index is 5.23. The predicted octanol–water partition coefficient (Wildman–Crippen LogP) is 7.54. The number of thiocarbonyl (C=S) groups is 1. The molecule has 1 aromatic carbocycles. The van der Waals surface area contributed by atoms with Crippen molar-refractivity contribution in [1.82, 2.24) is 0 Å². The monoisotopic (exact) mass is 358 g/mol. The summed E-state index contributed by atoms with van der Waals surface area (Å²) in [5.74, 6) is 0. The van der Waals surface area contributed by atoms with Gasteiger partial charge in [0.25, 0.3) is 0 Å². The second-order valence-corrected chi connectivity index (χ2v) is 8.39. The Bertz CT molecular complexity index is 635. The van der Waals surface area contributed by atoms with Crippen LogP contribution in [-0.2, 0) is 12.8 Å². The lowest BCUT2D eigenvalue weighted by Gasteiger charge is -2.11. The minimum Gasteiger partial charge on any atom is -0.0999 e. The molecule has 0 aliphatic heterocycles. The van der Waals surface area contributed by atoms with Crippen molar-refractivity contribution in [3.63, 3.8) is 0 Å². The van der Waals surface area contributed by atoms with Gasteiger partial charge >= 0.3 is 0 Å². The van der Waals surface area contributed by atoms with Crippen molar-refractivity contribution in [2.75, 3.05) is 0 Å². The molecule has 0 aliphatic rings. The van der Waals surface area contributed by atoms with Crippen molar-refractivity contribution in [2.24, 2.45) is 0 Å². The standard InChI is InChI=1S/C22H30S2/c1-7-9-17(5)10-12-21-13-11-19(14-20(21)8-2)15-22(16(3)4)24-18(6)23/h11,13-15H,3,5,7-10,12H2,1-2,4,6H3/b22-15-. The second kappa shape index (κ2) is 10.7. The van der Waals surface area contributed by atoms with Gasteiger partial charge < -0.3 is 0 Å². The van der Waals surface area contributed by atoms with Crippen LogP contribution in [0.1, 0.15) is 63.6 Å². The molecule has 1 aromatic rings. The summed E-state index contributed by atoms with van der Waals surface area (Å²) in [6.07, 6.45) is 7.75. The highest BCUT2D eigenvalue weighted by Crippen LogP contribution is 2.28. The van der Waals surface area contributed by atoms with Gasteiger partial charge in [-0.15, -0.1) is 0 Å². The molecule has 0 N–H and O–H groups in total. The fourth-order valence-corrected chi connectivity index (χ4v) is 3.59. The molecule has 0 bridgehead atoms. The zero-order valence-electron chi connectivity index (χ0n) is 15.6. The molecule has 0 fully saturated rings. The molecule has 0 heterocycles. The first-order valence-corrected chi connectivity index (χ1v) is 9.94. The van der Waals surface area contributed by atoms with E-state index in [4.69, 9.17) is 12.2 Å². The van der Waals surface area contributed by atoms with Crippen LogP contribution >= 0.6 is 24.0 Å². The number of thioether (sulfide) groups is 1. The molecule has 0 saturated heterocycles. The third-order valence-corrected chi connectivity index (χ3v) is 5.16. The van der Waals surface area contributed by atoms with E-state index in [1.54, 1.807) is 11.8 Å². The van der Waals surface area contributed by atoms with E-state index < -0.39 is 0 Å². The zero-order chi connectivity index (χ0) is 18.1. The summed E-state index contributed by atoms with van der Waals surface area (Å²) in [4.78, 5) is 1.15. The van der Waals surface area contributed by atoms with Crippen LogP contribution in [0.25, 0.3) is 6.08 Å². The van der Waals surface area contributed by atoms with Crippen LogP contribution in [0.4, 0.5) is 0 Å². The number of hydrogen-bond donors (Lipinski definition) is 0. The Kier molecular flexibility index (Phi) is 9.31. The number of allylic oxidation sites excluding steroid dienone is 2. The predicted molar refractivity (Wildman–Crippen MR) is 117 cm³/mol. The molecule has 0 spiro atoms. The fourth-order valence-electron chi connectivity index (χ4n) is 2.64. The third kappa shape index (κ3) is 7.19. The van der Waals surface area contributed by atoms with Crippen molar-refractivity contribution >= 4 is 34.3 Å². The van der Waals surface area contributed by atoms with Gasteiger partial charge in [-0.2, -0.15) is 0 Å². The van der Waals surface area contributed by atoms with Gasteiger partial charge in [-0.05, 0) is 67.9 Å². The highest BCUT2D eigenvalue weighted by atomic mass is 32.2. The maximum Gasteiger partial charge on any atom is 0.0496 e. The maximum atomic E-state index is 5.23. The highest BCUT2D eigenvalue weighted by Gasteiger charge is 2.06. The lowest BCUT2D eigenvalue weighted by Crippen LogP contribution is -1.96. The summed E-state index contributed by atoms with van der Waals surface area (Å²) in [6, 6.07) is 6.79. The van der Waals surface area contributed by atoms with E-state index in [0.717, 1.165) is 40.4 Å². The SMILES string of the molecule is C=C(CCC)CCc1ccc(/C=C(\SC(C)=S)C(=C)C)cc1CC. The van der Waals surface area contributed by atoms with E-state index in [9.17, 15) is 0 Å². The summed E-state index contributed by atoms with van der Waals surface area (Å²) in [6.45, 7) is 16.7. The third-order valence-electron chi connectivity index (χ3n) is 3.93. The van der Waals surface area contributed by atoms with Gasteiger partial charge in [0.2, 0.25) is 0 Å². The number of rotatable bonds is 9. The smallest absolute Gasteiger partial charge is 0.0496 e. The minimum absolute atomic E-state index is 0.922. The van der Waals surface area contributed by atoms with Gasteiger partial charge in [-0.25, -0.2) is 0 Å². The van der Waals surface area contributed by atoms with Crippen molar-refractivity contribution < 1.29 is 0 Å². The largest absolute Gasteiger partial charge is 0.0999 e. The van der Waals surface area contributed by atoms with Crippen LogP contribution in [0.2, 0.25) is 0 Å². The lowest BCUT2D eigenvalue weighted by molar-refractivity contribution is 0.817. The fraction of sp³-hybridized carbons (Fsp3) is 0.409. The Labute approximate surface area is 158 Å². The van der Waals surface area contributed by atoms with Crippen molar-refractivity contribution in [2.45, 2.75) is 59.8 Å². The number of benzene rings is 1. The Morgan fingerprint density at radius 3 is 2.38 bits per heavy atom. The molecule has 2 heteroatoms. The average molecular weight is 359 g/mol. The van der Waals surface area contributed by atoms with E-state index in [2.05, 4.69) is 51.3 Å². The van der Waals surface area contributed by atoms with Crippen LogP contribution in [-0.4, -0.2) is 4.20 Å². The van der Waals surface area contributed by atoms with E-state index in [-0.39, 0.29) is 0 Å². The number of aryl methyl sites for hydroxylation is 2. The van der Waals surface area contributed by atoms with E-state index in [1.165, 1.54) is 28.7 Å². The molecular formula is C22H30S2. The molecule has 0 amide bonds. The topological polar surface area (TPSA) is 0 Å². The van der Waals surface area contributed by atoms with Crippen LogP contribution in [0, 0.1) is 0 Å². The van der Waals surface area contributed by atoms with Gasteiger partial charge in [0.05, 0.1) is 0 Å². The molecule has 24 heavy (non-hydrogen) atoms. The van der Waals surface area contributed by atoms with Gasteiger partial charge in [-0.3, -0.25) is 0 Å². The summed E-state index contributed by atoms with van der Waals surface area (Å²) in [5, 5.41) is 0. The Balaban J connectivity index is 2.98. The van der Waals surface area contributed by atoms with E-state index >= 15 is 0 Å². The van der Waals surface area contributed by atoms with Crippen molar-refractivity contribution in [1.29, 1.82) is 0 Å².